The molecular weight excluding hydrogens is 572 g/mol. The average Bonchev–Trinajstić information content (AvgIpc) is 3.77. The highest BCUT2D eigenvalue weighted by molar-refractivity contribution is 6.11. The van der Waals surface area contributed by atoms with Crippen LogP contribution in [-0.4, -0.2) is 9.13 Å². The van der Waals surface area contributed by atoms with Crippen LogP contribution in [0.4, 0.5) is 0 Å². The van der Waals surface area contributed by atoms with E-state index < -0.39 is 0 Å². The molecule has 0 radical (unpaired) electrons. The summed E-state index contributed by atoms with van der Waals surface area (Å²) in [4.78, 5) is 0. The lowest BCUT2D eigenvalue weighted by Gasteiger charge is -2.11. The van der Waals surface area contributed by atoms with Crippen molar-refractivity contribution in [2.24, 2.45) is 0 Å². The van der Waals surface area contributed by atoms with Gasteiger partial charge in [0.05, 0.1) is 27.9 Å². The van der Waals surface area contributed by atoms with Crippen LogP contribution in [0.15, 0.2) is 151 Å². The van der Waals surface area contributed by atoms with E-state index in [-0.39, 0.29) is 0 Å². The lowest BCUT2D eigenvalue weighted by molar-refractivity contribution is 0.666. The van der Waals surface area contributed by atoms with E-state index in [1.165, 1.54) is 32.9 Å². The number of nitrogens with zero attached hydrogens (tertiary/aromatic N) is 2. The van der Waals surface area contributed by atoms with Crippen molar-refractivity contribution in [3.05, 3.63) is 157 Å². The number of aromatic nitrogens is 2. The predicted octanol–water partition coefficient (Wildman–Crippen LogP) is 12.4. The van der Waals surface area contributed by atoms with Crippen molar-refractivity contribution < 1.29 is 4.42 Å². The molecule has 3 aromatic heterocycles. The first kappa shape index (κ1) is 27.3. The van der Waals surface area contributed by atoms with Crippen LogP contribution in [0.25, 0.3) is 89.3 Å². The predicted molar refractivity (Wildman–Crippen MR) is 200 cm³/mol. The Kier molecular flexibility index (Phi) is 6.26. The van der Waals surface area contributed by atoms with E-state index in [4.69, 9.17) is 4.42 Å². The smallest absolute Gasteiger partial charge is 0.159 e. The van der Waals surface area contributed by atoms with E-state index in [1.807, 2.05) is 18.2 Å². The van der Waals surface area contributed by atoms with Gasteiger partial charge in [-0.1, -0.05) is 105 Å². The van der Waals surface area contributed by atoms with E-state index in [0.717, 1.165) is 61.9 Å². The van der Waals surface area contributed by atoms with Crippen LogP contribution in [0, 0.1) is 0 Å². The number of fused-ring (bicyclic) bond motifs is 7. The number of allylic oxidation sites excluding steroid dienone is 1. The molecule has 224 valence electrons. The lowest BCUT2D eigenvalue weighted by Crippen LogP contribution is -1.97. The van der Waals surface area contributed by atoms with E-state index in [0.29, 0.717) is 0 Å². The second kappa shape index (κ2) is 10.8. The molecule has 0 spiro atoms. The van der Waals surface area contributed by atoms with Crippen molar-refractivity contribution in [2.45, 2.75) is 13.3 Å². The van der Waals surface area contributed by atoms with Gasteiger partial charge in [0.1, 0.15) is 5.58 Å². The third kappa shape index (κ3) is 4.13. The van der Waals surface area contributed by atoms with Gasteiger partial charge in [0.25, 0.3) is 0 Å². The van der Waals surface area contributed by atoms with Gasteiger partial charge in [-0.25, -0.2) is 0 Å². The quantitative estimate of drug-likeness (QED) is 0.185. The monoisotopic (exact) mass is 604 g/mol. The molecular formula is C44H32N2O. The Bertz CT molecular complexity index is 2680. The van der Waals surface area contributed by atoms with Gasteiger partial charge < -0.3 is 13.6 Å². The van der Waals surface area contributed by atoms with Gasteiger partial charge in [-0.15, -0.1) is 0 Å². The molecule has 0 unspecified atom stereocenters. The second-order valence-corrected chi connectivity index (χ2v) is 12.1. The average molecular weight is 605 g/mol. The Morgan fingerprint density at radius 3 is 2.04 bits per heavy atom. The standard InChI is InChI=1S/C44H32N2O/c1-3-5-19-38-32(4-2)36-27-29(24-26-41(36)46(38)42-21-13-18-35-34-17-10-12-22-43(34)47-44(35)42)30-23-25-40-37(28-30)33-16-9-11-20-39(33)45(40)31-14-7-6-8-15-31/h4-28H,2-3H2,1H3. The molecule has 0 bridgehead atoms. The second-order valence-electron chi connectivity index (χ2n) is 12.1. The minimum Gasteiger partial charge on any atom is -0.454 e. The largest absolute Gasteiger partial charge is 0.454 e. The molecule has 0 saturated heterocycles. The number of rotatable bonds is 6. The first-order valence-corrected chi connectivity index (χ1v) is 16.2. The van der Waals surface area contributed by atoms with Crippen LogP contribution >= 0.6 is 0 Å². The molecule has 3 heterocycles. The maximum Gasteiger partial charge on any atom is 0.159 e. The number of hydrogen-bond acceptors (Lipinski definition) is 1. The van der Waals surface area contributed by atoms with Gasteiger partial charge in [0.15, 0.2) is 5.58 Å². The summed E-state index contributed by atoms with van der Waals surface area (Å²) < 4.78 is 11.2. The minimum absolute atomic E-state index is 0.886. The van der Waals surface area contributed by atoms with Gasteiger partial charge in [-0.3, -0.25) is 0 Å². The number of hydrogen-bond donors (Lipinski definition) is 0. The van der Waals surface area contributed by atoms with Gasteiger partial charge in [0, 0.05) is 38.2 Å². The molecule has 0 saturated carbocycles. The summed E-state index contributed by atoms with van der Waals surface area (Å²) in [6.07, 6.45) is 7.37. The van der Waals surface area contributed by atoms with Crippen molar-refractivity contribution in [3.63, 3.8) is 0 Å². The summed E-state index contributed by atoms with van der Waals surface area (Å²) in [5.74, 6) is 0. The van der Waals surface area contributed by atoms with Gasteiger partial charge in [-0.2, -0.15) is 0 Å². The fraction of sp³-hybridized carbons (Fsp3) is 0.0455. The Morgan fingerprint density at radius 2 is 1.26 bits per heavy atom. The SMILES string of the molecule is C=Cc1c(C=CCC)n(-c2cccc3c2oc2ccccc23)c2ccc(-c3ccc4c(c3)c3ccccc3n4-c3ccccc3)cc12. The van der Waals surface area contributed by atoms with Crippen molar-refractivity contribution in [1.82, 2.24) is 9.13 Å². The Labute approximate surface area is 272 Å². The molecule has 3 nitrogen and oxygen atoms in total. The highest BCUT2D eigenvalue weighted by atomic mass is 16.3. The Hall–Kier alpha value is -6.06. The maximum atomic E-state index is 6.52. The van der Waals surface area contributed by atoms with Crippen LogP contribution in [-0.2, 0) is 0 Å². The molecule has 0 aliphatic carbocycles. The summed E-state index contributed by atoms with van der Waals surface area (Å²) in [6, 6.07) is 47.7. The molecule has 0 N–H and O–H groups in total. The third-order valence-corrected chi connectivity index (χ3v) is 9.40. The van der Waals surface area contributed by atoms with Crippen LogP contribution in [0.2, 0.25) is 0 Å². The fourth-order valence-corrected chi connectivity index (χ4v) is 7.30. The minimum atomic E-state index is 0.886. The van der Waals surface area contributed by atoms with Crippen molar-refractivity contribution in [2.75, 3.05) is 0 Å². The first-order valence-electron chi connectivity index (χ1n) is 16.2. The number of para-hydroxylation sites is 4. The fourth-order valence-electron chi connectivity index (χ4n) is 7.30. The molecule has 0 fully saturated rings. The summed E-state index contributed by atoms with van der Waals surface area (Å²) in [7, 11) is 0. The van der Waals surface area contributed by atoms with E-state index in [9.17, 15) is 0 Å². The third-order valence-electron chi connectivity index (χ3n) is 9.40. The summed E-state index contributed by atoms with van der Waals surface area (Å²) in [5.41, 5.74) is 12.1. The Balaban J connectivity index is 1.27. The first-order chi connectivity index (χ1) is 23.2. The summed E-state index contributed by atoms with van der Waals surface area (Å²) in [5, 5.41) is 5.89. The van der Waals surface area contributed by atoms with E-state index in [1.54, 1.807) is 0 Å². The normalized spacial score (nSPS) is 12.0. The van der Waals surface area contributed by atoms with E-state index in [2.05, 4.69) is 156 Å². The highest BCUT2D eigenvalue weighted by Crippen LogP contribution is 2.40. The highest BCUT2D eigenvalue weighted by Gasteiger charge is 2.20. The zero-order valence-corrected chi connectivity index (χ0v) is 26.2. The Morgan fingerprint density at radius 1 is 0.596 bits per heavy atom. The zero-order valence-electron chi connectivity index (χ0n) is 26.2. The topological polar surface area (TPSA) is 23.0 Å². The number of benzene rings is 6. The van der Waals surface area contributed by atoms with Crippen LogP contribution in [0.5, 0.6) is 0 Å². The molecule has 0 atom stereocenters. The van der Waals surface area contributed by atoms with Crippen molar-refractivity contribution in [3.8, 4) is 22.5 Å². The zero-order chi connectivity index (χ0) is 31.5. The van der Waals surface area contributed by atoms with Crippen LogP contribution in [0.3, 0.4) is 0 Å². The number of furan rings is 1. The molecule has 6 aromatic carbocycles. The molecule has 47 heavy (non-hydrogen) atoms. The maximum absolute atomic E-state index is 6.52. The summed E-state index contributed by atoms with van der Waals surface area (Å²) >= 11 is 0. The van der Waals surface area contributed by atoms with Crippen LogP contribution < -0.4 is 0 Å². The summed E-state index contributed by atoms with van der Waals surface area (Å²) in [6.45, 7) is 6.46. The van der Waals surface area contributed by atoms with E-state index >= 15 is 0 Å². The van der Waals surface area contributed by atoms with Crippen molar-refractivity contribution in [1.29, 1.82) is 0 Å². The van der Waals surface area contributed by atoms with Crippen molar-refractivity contribution >= 4 is 66.8 Å². The molecule has 9 rings (SSSR count). The molecule has 0 amide bonds. The molecule has 9 aromatic rings. The van der Waals surface area contributed by atoms with Gasteiger partial charge in [0.2, 0.25) is 0 Å². The molecule has 0 aliphatic rings. The van der Waals surface area contributed by atoms with Crippen LogP contribution in [0.1, 0.15) is 24.6 Å². The molecule has 3 heteroatoms. The molecule has 0 aliphatic heterocycles. The van der Waals surface area contributed by atoms with Gasteiger partial charge >= 0.3 is 0 Å². The lowest BCUT2D eigenvalue weighted by atomic mass is 10.00. The van der Waals surface area contributed by atoms with Gasteiger partial charge in [-0.05, 0) is 78.2 Å².